The molecular formula is C21H16N4O. The van der Waals surface area contributed by atoms with E-state index in [-0.39, 0.29) is 5.91 Å². The van der Waals surface area contributed by atoms with Crippen LogP contribution in [0.4, 0.5) is 0 Å². The van der Waals surface area contributed by atoms with E-state index in [1.54, 1.807) is 6.20 Å². The van der Waals surface area contributed by atoms with E-state index in [0.29, 0.717) is 18.7 Å². The Balaban J connectivity index is 1.48. The zero-order valence-corrected chi connectivity index (χ0v) is 14.0. The van der Waals surface area contributed by atoms with Crippen LogP contribution in [0.3, 0.4) is 0 Å². The van der Waals surface area contributed by atoms with Crippen LogP contribution in [0.15, 0.2) is 66.9 Å². The number of hydrogen-bond acceptors (Lipinski definition) is 3. The minimum atomic E-state index is 0.0474. The Morgan fingerprint density at radius 2 is 1.81 bits per heavy atom. The first-order valence-corrected chi connectivity index (χ1v) is 8.56. The van der Waals surface area contributed by atoms with Crippen LogP contribution in [0.2, 0.25) is 0 Å². The van der Waals surface area contributed by atoms with Crippen LogP contribution in [-0.2, 0) is 13.1 Å². The summed E-state index contributed by atoms with van der Waals surface area (Å²) in [6, 6.07) is 19.9. The fraction of sp³-hybridized carbons (Fsp3) is 0.0952. The Hall–Kier alpha value is -3.47. The SMILES string of the molecule is O=C1c2cccc(-c3ccccc3)c2CN1Cc1nc2ncccc2[nH]1. The average molecular weight is 340 g/mol. The third kappa shape index (κ3) is 2.37. The van der Waals surface area contributed by atoms with E-state index >= 15 is 0 Å². The fourth-order valence-electron chi connectivity index (χ4n) is 3.56. The molecule has 2 aromatic carbocycles. The minimum Gasteiger partial charge on any atom is -0.339 e. The molecule has 5 heteroatoms. The molecule has 3 heterocycles. The van der Waals surface area contributed by atoms with Crippen molar-refractivity contribution in [3.8, 4) is 11.1 Å². The topological polar surface area (TPSA) is 61.9 Å². The lowest BCUT2D eigenvalue weighted by Gasteiger charge is -2.13. The number of nitrogens with zero attached hydrogens (tertiary/aromatic N) is 3. The Kier molecular flexibility index (Phi) is 3.31. The van der Waals surface area contributed by atoms with Gasteiger partial charge in [-0.2, -0.15) is 0 Å². The molecule has 0 spiro atoms. The molecule has 0 fully saturated rings. The van der Waals surface area contributed by atoms with Crippen LogP contribution < -0.4 is 0 Å². The summed E-state index contributed by atoms with van der Waals surface area (Å²) in [6.07, 6.45) is 1.72. The smallest absolute Gasteiger partial charge is 0.254 e. The van der Waals surface area contributed by atoms with Crippen LogP contribution in [0.25, 0.3) is 22.3 Å². The summed E-state index contributed by atoms with van der Waals surface area (Å²) in [5.41, 5.74) is 5.67. The average Bonchev–Trinajstić information content (AvgIpc) is 3.23. The number of aromatic amines is 1. The Bertz CT molecular complexity index is 1080. The third-order valence-electron chi connectivity index (χ3n) is 4.77. The molecule has 26 heavy (non-hydrogen) atoms. The normalized spacial score (nSPS) is 13.4. The second-order valence-electron chi connectivity index (χ2n) is 6.42. The molecule has 0 atom stereocenters. The van der Waals surface area contributed by atoms with Crippen molar-refractivity contribution in [2.24, 2.45) is 0 Å². The molecule has 126 valence electrons. The van der Waals surface area contributed by atoms with E-state index in [2.05, 4.69) is 33.2 Å². The molecular weight excluding hydrogens is 324 g/mol. The number of benzene rings is 2. The third-order valence-corrected chi connectivity index (χ3v) is 4.77. The van der Waals surface area contributed by atoms with Gasteiger partial charge in [0.2, 0.25) is 0 Å². The van der Waals surface area contributed by atoms with Gasteiger partial charge in [-0.3, -0.25) is 4.79 Å². The number of fused-ring (bicyclic) bond motifs is 2. The molecule has 0 radical (unpaired) electrons. The van der Waals surface area contributed by atoms with Crippen molar-refractivity contribution in [1.29, 1.82) is 0 Å². The number of H-pyrrole nitrogens is 1. The van der Waals surface area contributed by atoms with Gasteiger partial charge in [0.1, 0.15) is 5.82 Å². The second kappa shape index (κ2) is 5.81. The summed E-state index contributed by atoms with van der Waals surface area (Å²) >= 11 is 0. The highest BCUT2D eigenvalue weighted by molar-refractivity contribution is 6.00. The van der Waals surface area contributed by atoms with Gasteiger partial charge in [0, 0.05) is 18.3 Å². The highest BCUT2D eigenvalue weighted by atomic mass is 16.2. The molecule has 0 aliphatic carbocycles. The number of pyridine rings is 1. The first-order valence-electron chi connectivity index (χ1n) is 8.56. The molecule has 2 aromatic heterocycles. The van der Waals surface area contributed by atoms with Crippen molar-refractivity contribution in [2.45, 2.75) is 13.1 Å². The zero-order valence-electron chi connectivity index (χ0n) is 14.0. The monoisotopic (exact) mass is 340 g/mol. The molecule has 5 rings (SSSR count). The lowest BCUT2D eigenvalue weighted by Crippen LogP contribution is -2.23. The predicted molar refractivity (Wildman–Crippen MR) is 99.3 cm³/mol. The van der Waals surface area contributed by atoms with Crippen LogP contribution >= 0.6 is 0 Å². The number of nitrogens with one attached hydrogen (secondary N) is 1. The highest BCUT2D eigenvalue weighted by Crippen LogP contribution is 2.33. The van der Waals surface area contributed by atoms with E-state index in [4.69, 9.17) is 0 Å². The maximum absolute atomic E-state index is 12.9. The predicted octanol–water partition coefficient (Wildman–Crippen LogP) is 3.78. The number of amides is 1. The molecule has 1 N–H and O–H groups in total. The van der Waals surface area contributed by atoms with E-state index in [1.165, 1.54) is 0 Å². The van der Waals surface area contributed by atoms with E-state index in [0.717, 1.165) is 33.6 Å². The number of aromatic nitrogens is 3. The van der Waals surface area contributed by atoms with Gasteiger partial charge < -0.3 is 9.88 Å². The van der Waals surface area contributed by atoms with Gasteiger partial charge >= 0.3 is 0 Å². The molecule has 4 aromatic rings. The quantitative estimate of drug-likeness (QED) is 0.617. The van der Waals surface area contributed by atoms with Gasteiger partial charge in [-0.05, 0) is 34.9 Å². The molecule has 0 saturated heterocycles. The summed E-state index contributed by atoms with van der Waals surface area (Å²) < 4.78 is 0. The first kappa shape index (κ1) is 14.8. The van der Waals surface area contributed by atoms with E-state index < -0.39 is 0 Å². The summed E-state index contributed by atoms with van der Waals surface area (Å²) in [4.78, 5) is 26.7. The molecule has 0 unspecified atom stereocenters. The van der Waals surface area contributed by atoms with Gasteiger partial charge in [-0.1, -0.05) is 42.5 Å². The van der Waals surface area contributed by atoms with Crippen molar-refractivity contribution in [1.82, 2.24) is 19.9 Å². The maximum Gasteiger partial charge on any atom is 0.254 e. The van der Waals surface area contributed by atoms with Crippen molar-refractivity contribution in [2.75, 3.05) is 0 Å². The molecule has 1 aliphatic heterocycles. The van der Waals surface area contributed by atoms with Crippen molar-refractivity contribution in [3.63, 3.8) is 0 Å². The Morgan fingerprint density at radius 1 is 0.962 bits per heavy atom. The van der Waals surface area contributed by atoms with Crippen LogP contribution in [0, 0.1) is 0 Å². The van der Waals surface area contributed by atoms with Crippen LogP contribution in [-0.4, -0.2) is 25.8 Å². The zero-order chi connectivity index (χ0) is 17.5. The number of rotatable bonds is 3. The van der Waals surface area contributed by atoms with Crippen molar-refractivity contribution < 1.29 is 4.79 Å². The largest absolute Gasteiger partial charge is 0.339 e. The Labute approximate surface area is 150 Å². The molecule has 0 bridgehead atoms. The Morgan fingerprint density at radius 3 is 2.65 bits per heavy atom. The van der Waals surface area contributed by atoms with Crippen LogP contribution in [0.5, 0.6) is 0 Å². The summed E-state index contributed by atoms with van der Waals surface area (Å²) in [7, 11) is 0. The number of imidazole rings is 1. The first-order chi connectivity index (χ1) is 12.8. The molecule has 1 amide bonds. The van der Waals surface area contributed by atoms with Crippen LogP contribution in [0.1, 0.15) is 21.7 Å². The van der Waals surface area contributed by atoms with Gasteiger partial charge in [-0.25, -0.2) is 9.97 Å². The summed E-state index contributed by atoms with van der Waals surface area (Å²) in [5, 5.41) is 0. The van der Waals surface area contributed by atoms with Gasteiger partial charge in [0.15, 0.2) is 5.65 Å². The van der Waals surface area contributed by atoms with Gasteiger partial charge in [0.05, 0.1) is 12.1 Å². The summed E-state index contributed by atoms with van der Waals surface area (Å²) in [5.74, 6) is 0.798. The molecule has 0 saturated carbocycles. The lowest BCUT2D eigenvalue weighted by molar-refractivity contribution is 0.0763. The fourth-order valence-corrected chi connectivity index (χ4v) is 3.56. The molecule has 1 aliphatic rings. The second-order valence-corrected chi connectivity index (χ2v) is 6.42. The maximum atomic E-state index is 12.9. The molecule has 5 nitrogen and oxygen atoms in total. The highest BCUT2D eigenvalue weighted by Gasteiger charge is 2.30. The number of hydrogen-bond donors (Lipinski definition) is 1. The summed E-state index contributed by atoms with van der Waals surface area (Å²) in [6.45, 7) is 1.03. The minimum absolute atomic E-state index is 0.0474. The van der Waals surface area contributed by atoms with Gasteiger partial charge in [-0.15, -0.1) is 0 Å². The lowest BCUT2D eigenvalue weighted by atomic mass is 9.97. The number of carbonyl (C=O) groups is 1. The standard InChI is InChI=1S/C21H16N4O/c26-21-16-9-4-8-15(14-6-2-1-3-7-14)17(16)12-25(21)13-19-23-18-10-5-11-22-20(18)24-19/h1-11H,12-13H2,(H,22,23,24). The van der Waals surface area contributed by atoms with Gasteiger partial charge in [0.25, 0.3) is 5.91 Å². The van der Waals surface area contributed by atoms with Crippen molar-refractivity contribution in [3.05, 3.63) is 83.8 Å². The van der Waals surface area contributed by atoms with Crippen molar-refractivity contribution >= 4 is 17.1 Å². The number of carbonyl (C=O) groups excluding carboxylic acids is 1. The van der Waals surface area contributed by atoms with E-state index in [1.807, 2.05) is 47.4 Å². The van der Waals surface area contributed by atoms with E-state index in [9.17, 15) is 4.79 Å².